The molecule has 0 aromatic heterocycles. The van der Waals surface area contributed by atoms with Crippen LogP contribution in [-0.2, 0) is 32.7 Å². The molecule has 0 aliphatic carbocycles. The van der Waals surface area contributed by atoms with Gasteiger partial charge in [0.1, 0.15) is 19.8 Å². The van der Waals surface area contributed by atoms with E-state index >= 15 is 0 Å². The first-order chi connectivity index (χ1) is 22.5. The average molecular weight is 689 g/mol. The first-order valence-corrected chi connectivity index (χ1v) is 20.1. The zero-order chi connectivity index (χ0) is 35.1. The van der Waals surface area contributed by atoms with Crippen molar-refractivity contribution in [3.8, 4) is 0 Å². The fourth-order valence-corrected chi connectivity index (χ4v) is 5.53. The number of allylic oxidation sites excluding steroid dienone is 4. The lowest BCUT2D eigenvalue weighted by Crippen LogP contribution is -2.37. The lowest BCUT2D eigenvalue weighted by Gasteiger charge is -2.24. The van der Waals surface area contributed by atoms with Gasteiger partial charge in [0.2, 0.25) is 0 Å². The fourth-order valence-electron chi connectivity index (χ4n) is 4.79. The zero-order valence-electron chi connectivity index (χ0n) is 30.8. The van der Waals surface area contributed by atoms with Crippen LogP contribution in [0.3, 0.4) is 0 Å². The van der Waals surface area contributed by atoms with E-state index in [0.29, 0.717) is 17.4 Å². The summed E-state index contributed by atoms with van der Waals surface area (Å²) in [7, 11) is 1.47. The van der Waals surface area contributed by atoms with Crippen molar-refractivity contribution in [2.45, 2.75) is 155 Å². The number of carbonyl (C=O) groups is 2. The van der Waals surface area contributed by atoms with E-state index in [1.165, 1.54) is 89.9 Å². The van der Waals surface area contributed by atoms with Gasteiger partial charge in [-0.3, -0.25) is 18.6 Å². The SMILES string of the molecule is CCCCCCC/C=C\C/C=C\CCCCCCCCCCCCCC(=O)OC(COC(=O)CC)COP(=O)(O)OCC[N+](C)(C)C. The minimum Gasteiger partial charge on any atom is -0.462 e. The Morgan fingerprint density at radius 3 is 1.70 bits per heavy atom. The summed E-state index contributed by atoms with van der Waals surface area (Å²) in [6.07, 6.45) is 31.8. The maximum Gasteiger partial charge on any atom is 0.472 e. The molecule has 1 N–H and O–H groups in total. The minimum atomic E-state index is -4.34. The topological polar surface area (TPSA) is 108 Å². The molecule has 276 valence electrons. The molecule has 9 nitrogen and oxygen atoms in total. The quantitative estimate of drug-likeness (QED) is 0.0239. The molecular weight excluding hydrogens is 617 g/mol. The van der Waals surface area contributed by atoms with Gasteiger partial charge in [-0.1, -0.05) is 122 Å². The van der Waals surface area contributed by atoms with Gasteiger partial charge in [-0.15, -0.1) is 0 Å². The molecule has 0 fully saturated rings. The van der Waals surface area contributed by atoms with E-state index in [-0.39, 0.29) is 26.1 Å². The molecule has 0 aromatic rings. The molecular formula is C37H71NO8P+. The summed E-state index contributed by atoms with van der Waals surface area (Å²) in [6, 6.07) is 0. The smallest absolute Gasteiger partial charge is 0.462 e. The third kappa shape index (κ3) is 34.2. The highest BCUT2D eigenvalue weighted by molar-refractivity contribution is 7.47. The average Bonchev–Trinajstić information content (AvgIpc) is 3.01. The number of phosphoric acid groups is 1. The lowest BCUT2D eigenvalue weighted by atomic mass is 10.0. The molecule has 0 radical (unpaired) electrons. The van der Waals surface area contributed by atoms with E-state index in [4.69, 9.17) is 18.5 Å². The highest BCUT2D eigenvalue weighted by Crippen LogP contribution is 2.43. The second-order valence-corrected chi connectivity index (χ2v) is 15.0. The van der Waals surface area contributed by atoms with Gasteiger partial charge < -0.3 is 18.9 Å². The molecule has 0 aliphatic rings. The Kier molecular flexibility index (Phi) is 29.6. The van der Waals surface area contributed by atoms with Crippen molar-refractivity contribution in [1.82, 2.24) is 0 Å². The van der Waals surface area contributed by atoms with Gasteiger partial charge in [0.25, 0.3) is 0 Å². The third-order valence-electron chi connectivity index (χ3n) is 7.79. The number of esters is 2. The normalized spacial score (nSPS) is 14.1. The van der Waals surface area contributed by atoms with E-state index in [9.17, 15) is 19.0 Å². The van der Waals surface area contributed by atoms with Gasteiger partial charge in [0.15, 0.2) is 6.10 Å². The molecule has 0 aliphatic heterocycles. The molecule has 2 atom stereocenters. The number of likely N-dealkylation sites (N-methyl/N-ethyl adjacent to an activating group) is 1. The van der Waals surface area contributed by atoms with Crippen molar-refractivity contribution in [2.24, 2.45) is 0 Å². The lowest BCUT2D eigenvalue weighted by molar-refractivity contribution is -0.870. The zero-order valence-corrected chi connectivity index (χ0v) is 31.7. The van der Waals surface area contributed by atoms with Crippen molar-refractivity contribution in [1.29, 1.82) is 0 Å². The van der Waals surface area contributed by atoms with Gasteiger partial charge in [-0.25, -0.2) is 4.57 Å². The first kappa shape index (κ1) is 45.5. The van der Waals surface area contributed by atoms with Crippen molar-refractivity contribution in [3.63, 3.8) is 0 Å². The summed E-state index contributed by atoms with van der Waals surface area (Å²) in [5.74, 6) is -0.900. The molecule has 0 saturated heterocycles. The largest absolute Gasteiger partial charge is 0.472 e. The van der Waals surface area contributed by atoms with Crippen molar-refractivity contribution < 1.29 is 42.1 Å². The summed E-state index contributed by atoms with van der Waals surface area (Å²) in [6.45, 7) is 3.80. The van der Waals surface area contributed by atoms with Crippen LogP contribution >= 0.6 is 7.82 Å². The van der Waals surface area contributed by atoms with Crippen LogP contribution in [0.1, 0.15) is 149 Å². The molecule has 0 spiro atoms. The van der Waals surface area contributed by atoms with Gasteiger partial charge in [0.05, 0.1) is 27.7 Å². The van der Waals surface area contributed by atoms with Gasteiger partial charge in [-0.2, -0.15) is 0 Å². The molecule has 0 heterocycles. The number of nitrogens with zero attached hydrogens (tertiary/aromatic N) is 1. The highest BCUT2D eigenvalue weighted by atomic mass is 31.2. The first-order valence-electron chi connectivity index (χ1n) is 18.6. The van der Waals surface area contributed by atoms with Crippen LogP contribution in [0, 0.1) is 0 Å². The Bertz CT molecular complexity index is 871. The van der Waals surface area contributed by atoms with Gasteiger partial charge in [0, 0.05) is 12.8 Å². The molecule has 0 aromatic carbocycles. The standard InChI is InChI=1S/C37H70NO8P/c1-6-8-9-10-11-12-13-14-15-16-17-18-19-20-21-22-23-24-25-26-27-28-29-30-37(40)46-35(33-43-36(39)7-2)34-45-47(41,42)44-32-31-38(3,4)5/h13-14,16-17,35H,6-12,15,18-34H2,1-5H3/p+1/b14-13-,17-16-. The van der Waals surface area contributed by atoms with E-state index < -0.39 is 32.5 Å². The summed E-state index contributed by atoms with van der Waals surface area (Å²) < 4.78 is 33.3. The van der Waals surface area contributed by atoms with Crippen molar-refractivity contribution >= 4 is 19.8 Å². The second kappa shape index (κ2) is 30.5. The molecule has 47 heavy (non-hydrogen) atoms. The number of ether oxygens (including phenoxy) is 2. The number of quaternary nitrogens is 1. The van der Waals surface area contributed by atoms with Crippen LogP contribution in [-0.4, -0.2) is 74.9 Å². The monoisotopic (exact) mass is 688 g/mol. The Labute approximate surface area is 288 Å². The fraction of sp³-hybridized carbons (Fsp3) is 0.838. The summed E-state index contributed by atoms with van der Waals surface area (Å²) in [5, 5.41) is 0. The van der Waals surface area contributed by atoms with Crippen molar-refractivity contribution in [2.75, 3.05) is 47.5 Å². The van der Waals surface area contributed by atoms with E-state index in [1.807, 2.05) is 21.1 Å². The van der Waals surface area contributed by atoms with Crippen LogP contribution in [0.5, 0.6) is 0 Å². The number of hydrogen-bond acceptors (Lipinski definition) is 7. The molecule has 0 saturated carbocycles. The molecule has 10 heteroatoms. The third-order valence-corrected chi connectivity index (χ3v) is 8.77. The van der Waals surface area contributed by atoms with Gasteiger partial charge >= 0.3 is 19.8 Å². The molecule has 0 rings (SSSR count). The molecule has 0 amide bonds. The van der Waals surface area contributed by atoms with Crippen LogP contribution in [0.25, 0.3) is 0 Å². The Morgan fingerprint density at radius 1 is 0.681 bits per heavy atom. The van der Waals surface area contributed by atoms with Crippen molar-refractivity contribution in [3.05, 3.63) is 24.3 Å². The van der Waals surface area contributed by atoms with Crippen LogP contribution in [0.2, 0.25) is 0 Å². The maximum atomic E-state index is 12.4. The maximum absolute atomic E-state index is 12.4. The van der Waals surface area contributed by atoms with Crippen LogP contribution in [0.15, 0.2) is 24.3 Å². The highest BCUT2D eigenvalue weighted by Gasteiger charge is 2.26. The minimum absolute atomic E-state index is 0.0303. The predicted molar refractivity (Wildman–Crippen MR) is 192 cm³/mol. The van der Waals surface area contributed by atoms with E-state index in [0.717, 1.165) is 25.7 Å². The Hall–Kier alpha value is -1.51. The van der Waals surface area contributed by atoms with Crippen LogP contribution < -0.4 is 0 Å². The molecule has 0 bridgehead atoms. The van der Waals surface area contributed by atoms with E-state index in [2.05, 4.69) is 31.2 Å². The van der Waals surface area contributed by atoms with E-state index in [1.54, 1.807) is 6.92 Å². The number of hydrogen-bond donors (Lipinski definition) is 1. The molecule has 2 unspecified atom stereocenters. The predicted octanol–water partition coefficient (Wildman–Crippen LogP) is 9.63. The van der Waals surface area contributed by atoms with Crippen LogP contribution in [0.4, 0.5) is 0 Å². The number of rotatable bonds is 33. The number of carbonyl (C=O) groups excluding carboxylic acids is 2. The number of unbranched alkanes of at least 4 members (excludes halogenated alkanes) is 16. The Balaban J connectivity index is 3.88. The number of phosphoric ester groups is 1. The summed E-state index contributed by atoms with van der Waals surface area (Å²) in [4.78, 5) is 34.0. The summed E-state index contributed by atoms with van der Waals surface area (Å²) >= 11 is 0. The second-order valence-electron chi connectivity index (χ2n) is 13.6. The Morgan fingerprint density at radius 2 is 1.19 bits per heavy atom. The summed E-state index contributed by atoms with van der Waals surface area (Å²) in [5.41, 5.74) is 0. The van der Waals surface area contributed by atoms with Gasteiger partial charge in [-0.05, 0) is 38.5 Å².